The first-order valence-electron chi connectivity index (χ1n) is 9.47. The van der Waals surface area contributed by atoms with Crippen molar-refractivity contribution in [2.24, 2.45) is 22.6 Å². The second-order valence-electron chi connectivity index (χ2n) is 7.91. The van der Waals surface area contributed by atoms with Crippen LogP contribution in [0.5, 0.6) is 0 Å². The lowest BCUT2D eigenvalue weighted by molar-refractivity contribution is 0.0347. The van der Waals surface area contributed by atoms with Crippen LogP contribution in [-0.2, 0) is 12.0 Å². The van der Waals surface area contributed by atoms with Crippen molar-refractivity contribution >= 4 is 16.9 Å². The van der Waals surface area contributed by atoms with Crippen molar-refractivity contribution in [3.8, 4) is 11.1 Å². The first-order valence-corrected chi connectivity index (χ1v) is 10.5. The number of aliphatic hydroxyl groups is 1. The number of hydrogen-bond donors (Lipinski definition) is 2. The molecule has 0 saturated heterocycles. The number of pyridine rings is 1. The quantitative estimate of drug-likeness (QED) is 0.740. The number of nitrogens with zero attached hydrogens (tertiary/aromatic N) is 2. The lowest BCUT2D eigenvalue weighted by Crippen LogP contribution is -2.47. The van der Waals surface area contributed by atoms with Crippen molar-refractivity contribution in [3.05, 3.63) is 53.6 Å². The predicted molar refractivity (Wildman–Crippen MR) is 106 cm³/mol. The molecule has 1 aromatic carbocycles. The number of benzene rings is 1. The van der Waals surface area contributed by atoms with Gasteiger partial charge in [0.15, 0.2) is 5.17 Å². The maximum absolute atomic E-state index is 14.3. The van der Waals surface area contributed by atoms with Crippen LogP contribution in [-0.4, -0.2) is 27.1 Å². The highest BCUT2D eigenvalue weighted by atomic mass is 32.2. The van der Waals surface area contributed by atoms with Crippen LogP contribution >= 0.6 is 11.8 Å². The van der Waals surface area contributed by atoms with Crippen molar-refractivity contribution < 1.29 is 9.50 Å². The molecule has 0 unspecified atom stereocenters. The summed E-state index contributed by atoms with van der Waals surface area (Å²) in [6.45, 7) is 0. The van der Waals surface area contributed by atoms with Gasteiger partial charge in [0, 0.05) is 17.5 Å². The average molecular weight is 383 g/mol. The van der Waals surface area contributed by atoms with Gasteiger partial charge in [-0.1, -0.05) is 23.9 Å². The molecule has 140 valence electrons. The van der Waals surface area contributed by atoms with E-state index in [1.165, 1.54) is 17.3 Å². The Morgan fingerprint density at radius 2 is 2.15 bits per heavy atom. The molecule has 2 aliphatic carbocycles. The number of aliphatic hydroxyl groups excluding tert-OH is 1. The van der Waals surface area contributed by atoms with Gasteiger partial charge in [0.1, 0.15) is 5.54 Å². The molecule has 1 aliphatic heterocycles. The summed E-state index contributed by atoms with van der Waals surface area (Å²) in [5, 5.41) is 10.8. The lowest BCUT2D eigenvalue weighted by Gasteiger charge is -2.48. The van der Waals surface area contributed by atoms with Crippen LogP contribution in [0.1, 0.15) is 30.4 Å². The minimum Gasteiger partial charge on any atom is -0.393 e. The molecule has 1 saturated carbocycles. The fourth-order valence-corrected chi connectivity index (χ4v) is 6.30. The molecule has 2 aromatic rings. The Bertz CT molecular complexity index is 933. The number of hydrogen-bond acceptors (Lipinski definition) is 5. The Morgan fingerprint density at radius 3 is 2.93 bits per heavy atom. The topological polar surface area (TPSA) is 71.5 Å². The van der Waals surface area contributed by atoms with E-state index < -0.39 is 5.95 Å². The first kappa shape index (κ1) is 17.2. The van der Waals surface area contributed by atoms with E-state index in [1.807, 2.05) is 6.07 Å². The van der Waals surface area contributed by atoms with E-state index in [2.05, 4.69) is 17.1 Å². The van der Waals surface area contributed by atoms with E-state index in [1.54, 1.807) is 23.9 Å². The Labute approximate surface area is 162 Å². The number of aromatic nitrogens is 1. The summed E-state index contributed by atoms with van der Waals surface area (Å²) in [7, 11) is 0. The van der Waals surface area contributed by atoms with Crippen LogP contribution in [0.15, 0.2) is 41.5 Å². The minimum absolute atomic E-state index is 0.219. The Morgan fingerprint density at radius 1 is 1.26 bits per heavy atom. The summed E-state index contributed by atoms with van der Waals surface area (Å²) in [5.41, 5.74) is 9.52. The number of amidine groups is 1. The molecule has 3 N–H and O–H groups in total. The van der Waals surface area contributed by atoms with Gasteiger partial charge in [-0.2, -0.15) is 4.39 Å². The van der Waals surface area contributed by atoms with E-state index in [4.69, 9.17) is 10.7 Å². The Balaban J connectivity index is 1.67. The molecule has 4 nitrogen and oxygen atoms in total. The van der Waals surface area contributed by atoms with Crippen molar-refractivity contribution in [3.63, 3.8) is 0 Å². The number of aliphatic imine (C=N–C) groups is 1. The third-order valence-corrected chi connectivity index (χ3v) is 7.42. The second-order valence-corrected chi connectivity index (χ2v) is 8.91. The average Bonchev–Trinajstić information content (AvgIpc) is 3.04. The van der Waals surface area contributed by atoms with Crippen LogP contribution in [0.2, 0.25) is 0 Å². The normalized spacial score (nSPS) is 32.1. The summed E-state index contributed by atoms with van der Waals surface area (Å²) in [6, 6.07) is 9.69. The molecule has 3 aliphatic rings. The highest BCUT2D eigenvalue weighted by Gasteiger charge is 2.52. The van der Waals surface area contributed by atoms with Gasteiger partial charge in [0.05, 0.1) is 6.10 Å². The van der Waals surface area contributed by atoms with Gasteiger partial charge in [0.2, 0.25) is 5.95 Å². The molecular formula is C21H22FN3OS. The second kappa shape index (κ2) is 6.31. The highest BCUT2D eigenvalue weighted by Crippen LogP contribution is 2.55. The van der Waals surface area contributed by atoms with Crippen LogP contribution in [0, 0.1) is 17.8 Å². The number of fused-ring (bicyclic) bond motifs is 4. The molecule has 5 rings (SSSR count). The van der Waals surface area contributed by atoms with Crippen LogP contribution in [0.3, 0.4) is 0 Å². The zero-order valence-electron chi connectivity index (χ0n) is 14.9. The number of nitrogens with two attached hydrogens (primary N) is 1. The lowest BCUT2D eigenvalue weighted by atomic mass is 9.59. The molecule has 6 heteroatoms. The van der Waals surface area contributed by atoms with Gasteiger partial charge in [-0.05, 0) is 72.4 Å². The zero-order valence-corrected chi connectivity index (χ0v) is 15.8. The summed E-state index contributed by atoms with van der Waals surface area (Å²) < 4.78 is 14.3. The minimum atomic E-state index is -0.454. The third-order valence-electron chi connectivity index (χ3n) is 6.45. The third kappa shape index (κ3) is 2.69. The standard InChI is InChI=1S/C21H22FN3OS/c22-19-16(2-1-7-24-19)12-3-4-13-8-14-9-15(26)5-6-17(14)21(18(13)10-12)11-27-20(23)25-21/h1-4,7,10,14-15,17,26H,5-6,8-9,11H2,(H2,23,25)/t14-,15-,17-,21+/m1/s1. The Kier molecular flexibility index (Phi) is 4.02. The molecule has 2 heterocycles. The molecule has 0 radical (unpaired) electrons. The SMILES string of the molecule is NC1=N[C@]2(CS1)c1cc(-c3cccnc3F)ccc1C[C@@H]1C[C@H](O)CC[C@H]12. The maximum Gasteiger partial charge on any atom is 0.220 e. The van der Waals surface area contributed by atoms with E-state index in [-0.39, 0.29) is 11.6 Å². The fraction of sp³-hybridized carbons (Fsp3) is 0.429. The Hall–Kier alpha value is -1.92. The number of rotatable bonds is 1. The van der Waals surface area contributed by atoms with Gasteiger partial charge < -0.3 is 10.8 Å². The van der Waals surface area contributed by atoms with E-state index in [0.29, 0.717) is 22.6 Å². The highest BCUT2D eigenvalue weighted by molar-refractivity contribution is 8.14. The van der Waals surface area contributed by atoms with Gasteiger partial charge >= 0.3 is 0 Å². The molecule has 1 aromatic heterocycles. The monoisotopic (exact) mass is 383 g/mol. The molecule has 0 amide bonds. The van der Waals surface area contributed by atoms with E-state index in [9.17, 15) is 9.50 Å². The largest absolute Gasteiger partial charge is 0.393 e. The summed E-state index contributed by atoms with van der Waals surface area (Å²) in [4.78, 5) is 8.75. The summed E-state index contributed by atoms with van der Waals surface area (Å²) in [5.74, 6) is 1.15. The van der Waals surface area contributed by atoms with Crippen molar-refractivity contribution in [1.82, 2.24) is 4.98 Å². The molecular weight excluding hydrogens is 361 g/mol. The fourth-order valence-electron chi connectivity index (χ4n) is 5.28. The predicted octanol–water partition coefficient (Wildman–Crippen LogP) is 3.48. The van der Waals surface area contributed by atoms with Gasteiger partial charge in [-0.15, -0.1) is 0 Å². The number of halogens is 1. The smallest absolute Gasteiger partial charge is 0.220 e. The van der Waals surface area contributed by atoms with Crippen LogP contribution in [0.25, 0.3) is 11.1 Å². The van der Waals surface area contributed by atoms with Crippen molar-refractivity contribution in [2.45, 2.75) is 37.3 Å². The summed E-state index contributed by atoms with van der Waals surface area (Å²) in [6.07, 6.45) is 4.78. The first-order chi connectivity index (χ1) is 13.1. The van der Waals surface area contributed by atoms with E-state index >= 15 is 0 Å². The molecule has 27 heavy (non-hydrogen) atoms. The van der Waals surface area contributed by atoms with Crippen LogP contribution < -0.4 is 5.73 Å². The molecule has 4 atom stereocenters. The van der Waals surface area contributed by atoms with Gasteiger partial charge in [-0.25, -0.2) is 4.98 Å². The van der Waals surface area contributed by atoms with Gasteiger partial charge in [-0.3, -0.25) is 4.99 Å². The number of thioether (sulfide) groups is 1. The van der Waals surface area contributed by atoms with Gasteiger partial charge in [0.25, 0.3) is 0 Å². The van der Waals surface area contributed by atoms with Crippen molar-refractivity contribution in [1.29, 1.82) is 0 Å². The van der Waals surface area contributed by atoms with Crippen LogP contribution in [0.4, 0.5) is 4.39 Å². The van der Waals surface area contributed by atoms with Crippen molar-refractivity contribution in [2.75, 3.05) is 5.75 Å². The maximum atomic E-state index is 14.3. The molecule has 1 fully saturated rings. The molecule has 0 bridgehead atoms. The molecule has 1 spiro atoms. The zero-order chi connectivity index (χ0) is 18.6. The summed E-state index contributed by atoms with van der Waals surface area (Å²) >= 11 is 1.61. The van der Waals surface area contributed by atoms with E-state index in [0.717, 1.165) is 37.0 Å².